The van der Waals surface area contributed by atoms with Gasteiger partial charge >= 0.3 is 18.2 Å². The molecule has 2 aromatic carbocycles. The molecule has 2 amide bonds. The van der Waals surface area contributed by atoms with Gasteiger partial charge in [0, 0.05) is 30.2 Å². The average Bonchev–Trinajstić information content (AvgIpc) is 3.14. The van der Waals surface area contributed by atoms with Crippen LogP contribution in [0.5, 0.6) is 0 Å². The molecule has 36 heavy (non-hydrogen) atoms. The molecule has 0 fully saturated rings. The van der Waals surface area contributed by atoms with E-state index in [1.54, 1.807) is 0 Å². The standard InChI is InChI=1S/C24H24F4N4O4/c1-31(2)11-12-36-22(34)10-9-21(33)32-14-19(18-13-16(25)5-8-20(18)32)30-23(35)29-17-6-3-15(4-7-17)24(26,27)28/h3-8,13-14H,9-12H2,1-2H3,(H2,29,30,35). The van der Waals surface area contributed by atoms with Gasteiger partial charge in [0.2, 0.25) is 5.91 Å². The van der Waals surface area contributed by atoms with Gasteiger partial charge in [0.1, 0.15) is 12.4 Å². The first-order valence-corrected chi connectivity index (χ1v) is 10.8. The third-order valence-electron chi connectivity index (χ3n) is 5.10. The van der Waals surface area contributed by atoms with Gasteiger partial charge in [-0.2, -0.15) is 13.2 Å². The molecule has 1 aromatic heterocycles. The predicted octanol–water partition coefficient (Wildman–Crippen LogP) is 4.97. The predicted molar refractivity (Wildman–Crippen MR) is 125 cm³/mol. The number of rotatable bonds is 8. The van der Waals surface area contributed by atoms with Crippen LogP contribution in [0, 0.1) is 5.82 Å². The molecule has 0 aliphatic heterocycles. The van der Waals surface area contributed by atoms with E-state index in [1.165, 1.54) is 16.8 Å². The van der Waals surface area contributed by atoms with Crippen molar-refractivity contribution >= 4 is 40.2 Å². The van der Waals surface area contributed by atoms with E-state index in [2.05, 4.69) is 10.6 Å². The summed E-state index contributed by atoms with van der Waals surface area (Å²) in [6.45, 7) is 0.727. The zero-order valence-corrected chi connectivity index (χ0v) is 19.5. The minimum atomic E-state index is -4.51. The van der Waals surface area contributed by atoms with Gasteiger partial charge in [-0.3, -0.25) is 14.2 Å². The molecule has 0 unspecified atom stereocenters. The number of halogens is 4. The fourth-order valence-electron chi connectivity index (χ4n) is 3.28. The lowest BCUT2D eigenvalue weighted by Crippen LogP contribution is -2.21. The minimum absolute atomic E-state index is 0.0934. The number of likely N-dealkylation sites (N-methyl/N-ethyl adjacent to an activating group) is 1. The Morgan fingerprint density at radius 2 is 1.69 bits per heavy atom. The van der Waals surface area contributed by atoms with Crippen LogP contribution in [0.3, 0.4) is 0 Å². The molecular weight excluding hydrogens is 484 g/mol. The first-order chi connectivity index (χ1) is 16.9. The van der Waals surface area contributed by atoms with E-state index in [0.29, 0.717) is 12.1 Å². The van der Waals surface area contributed by atoms with E-state index in [1.807, 2.05) is 19.0 Å². The highest BCUT2D eigenvalue weighted by Crippen LogP contribution is 2.30. The molecule has 192 valence electrons. The number of ether oxygens (including phenoxy) is 1. The van der Waals surface area contributed by atoms with E-state index in [4.69, 9.17) is 4.74 Å². The second kappa shape index (κ2) is 11.2. The maximum Gasteiger partial charge on any atom is 0.416 e. The molecule has 0 saturated carbocycles. The van der Waals surface area contributed by atoms with E-state index in [9.17, 15) is 31.9 Å². The Morgan fingerprint density at radius 3 is 2.33 bits per heavy atom. The number of carbonyl (C=O) groups is 3. The van der Waals surface area contributed by atoms with Crippen LogP contribution < -0.4 is 10.6 Å². The molecule has 12 heteroatoms. The summed E-state index contributed by atoms with van der Waals surface area (Å²) in [4.78, 5) is 38.9. The van der Waals surface area contributed by atoms with Gasteiger partial charge in [-0.15, -0.1) is 0 Å². The van der Waals surface area contributed by atoms with Gasteiger partial charge in [0.15, 0.2) is 0 Å². The van der Waals surface area contributed by atoms with Crippen molar-refractivity contribution in [2.24, 2.45) is 0 Å². The van der Waals surface area contributed by atoms with Crippen molar-refractivity contribution in [1.29, 1.82) is 0 Å². The van der Waals surface area contributed by atoms with Crippen molar-refractivity contribution in [2.45, 2.75) is 19.0 Å². The second-order valence-corrected chi connectivity index (χ2v) is 8.15. The van der Waals surface area contributed by atoms with Crippen LogP contribution in [0.4, 0.5) is 33.7 Å². The summed E-state index contributed by atoms with van der Waals surface area (Å²) in [5.74, 6) is -1.63. The summed E-state index contributed by atoms with van der Waals surface area (Å²) in [6.07, 6.45) is -3.57. The first kappa shape index (κ1) is 26.7. The van der Waals surface area contributed by atoms with Crippen LogP contribution >= 0.6 is 0 Å². The van der Waals surface area contributed by atoms with Crippen LogP contribution in [0.2, 0.25) is 0 Å². The fraction of sp³-hybridized carbons (Fsp3) is 0.292. The van der Waals surface area contributed by atoms with Crippen LogP contribution in [0.1, 0.15) is 23.2 Å². The van der Waals surface area contributed by atoms with E-state index in [-0.39, 0.29) is 36.2 Å². The van der Waals surface area contributed by atoms with E-state index >= 15 is 0 Å². The summed E-state index contributed by atoms with van der Waals surface area (Å²) in [7, 11) is 3.65. The number of amides is 2. The largest absolute Gasteiger partial charge is 0.464 e. The zero-order valence-electron chi connectivity index (χ0n) is 19.5. The second-order valence-electron chi connectivity index (χ2n) is 8.15. The fourth-order valence-corrected chi connectivity index (χ4v) is 3.28. The van der Waals surface area contributed by atoms with E-state index in [0.717, 1.165) is 36.4 Å². The molecule has 0 radical (unpaired) electrons. The molecule has 0 atom stereocenters. The van der Waals surface area contributed by atoms with Gasteiger partial charge in [-0.05, 0) is 56.6 Å². The minimum Gasteiger partial charge on any atom is -0.464 e. The summed E-state index contributed by atoms with van der Waals surface area (Å²) >= 11 is 0. The quantitative estimate of drug-likeness (QED) is 0.331. The summed E-state index contributed by atoms with van der Waals surface area (Å²) in [6, 6.07) is 6.64. The van der Waals surface area contributed by atoms with Crippen molar-refractivity contribution in [1.82, 2.24) is 9.47 Å². The summed E-state index contributed by atoms with van der Waals surface area (Å²) in [5, 5.41) is 5.08. The summed E-state index contributed by atoms with van der Waals surface area (Å²) < 4.78 is 58.3. The Labute approximate surface area is 203 Å². The number of benzene rings is 2. The number of nitrogens with one attached hydrogen (secondary N) is 2. The molecule has 2 N–H and O–H groups in total. The summed E-state index contributed by atoms with van der Waals surface area (Å²) in [5.41, 5.74) is -0.380. The molecule has 3 rings (SSSR count). The average molecular weight is 508 g/mol. The molecule has 3 aromatic rings. The number of fused-ring (bicyclic) bond motifs is 1. The number of nitrogens with zero attached hydrogens (tertiary/aromatic N) is 2. The Bertz CT molecular complexity index is 1250. The number of carbonyl (C=O) groups excluding carboxylic acids is 3. The lowest BCUT2D eigenvalue weighted by Gasteiger charge is -2.10. The Kier molecular flexibility index (Phi) is 8.30. The maximum atomic E-state index is 13.9. The normalized spacial score (nSPS) is 11.5. The number of urea groups is 1. The SMILES string of the molecule is CN(C)CCOC(=O)CCC(=O)n1cc(NC(=O)Nc2ccc(C(F)(F)F)cc2)c2cc(F)ccc21. The van der Waals surface area contributed by atoms with Crippen molar-refractivity contribution < 1.29 is 36.7 Å². The van der Waals surface area contributed by atoms with Crippen LogP contribution in [-0.4, -0.2) is 54.6 Å². The highest BCUT2D eigenvalue weighted by molar-refractivity contribution is 6.08. The number of hydrogen-bond acceptors (Lipinski definition) is 5. The monoisotopic (exact) mass is 508 g/mol. The molecule has 0 bridgehead atoms. The number of anilines is 2. The lowest BCUT2D eigenvalue weighted by molar-refractivity contribution is -0.144. The smallest absolute Gasteiger partial charge is 0.416 e. The number of esters is 1. The van der Waals surface area contributed by atoms with Gasteiger partial charge in [-0.1, -0.05) is 0 Å². The molecule has 0 spiro atoms. The highest BCUT2D eigenvalue weighted by atomic mass is 19.4. The molecular formula is C24H24F4N4O4. The number of aromatic nitrogens is 1. The highest BCUT2D eigenvalue weighted by Gasteiger charge is 2.30. The van der Waals surface area contributed by atoms with Crippen LogP contribution in [0.25, 0.3) is 10.9 Å². The van der Waals surface area contributed by atoms with Crippen molar-refractivity contribution in [3.63, 3.8) is 0 Å². The Hall–Kier alpha value is -3.93. The lowest BCUT2D eigenvalue weighted by atomic mass is 10.2. The Balaban J connectivity index is 1.71. The number of alkyl halides is 3. The van der Waals surface area contributed by atoms with Gasteiger partial charge in [-0.25, -0.2) is 9.18 Å². The van der Waals surface area contributed by atoms with Gasteiger partial charge in [0.05, 0.1) is 23.2 Å². The molecule has 8 nitrogen and oxygen atoms in total. The van der Waals surface area contributed by atoms with Gasteiger partial charge in [0.25, 0.3) is 0 Å². The zero-order chi connectivity index (χ0) is 26.5. The third-order valence-corrected chi connectivity index (χ3v) is 5.10. The van der Waals surface area contributed by atoms with E-state index < -0.39 is 35.5 Å². The topological polar surface area (TPSA) is 92.7 Å². The molecule has 0 saturated heterocycles. The molecule has 1 heterocycles. The third kappa shape index (κ3) is 7.04. The van der Waals surface area contributed by atoms with Crippen molar-refractivity contribution in [3.8, 4) is 0 Å². The van der Waals surface area contributed by atoms with Crippen molar-refractivity contribution in [3.05, 3.63) is 60.0 Å². The van der Waals surface area contributed by atoms with Crippen molar-refractivity contribution in [2.75, 3.05) is 37.9 Å². The Morgan fingerprint density at radius 1 is 1.00 bits per heavy atom. The van der Waals surface area contributed by atoms with Crippen LogP contribution in [0.15, 0.2) is 48.7 Å². The first-order valence-electron chi connectivity index (χ1n) is 10.8. The maximum absolute atomic E-state index is 13.9. The van der Waals surface area contributed by atoms with Gasteiger partial charge < -0.3 is 20.3 Å². The van der Waals surface area contributed by atoms with Crippen LogP contribution in [-0.2, 0) is 15.7 Å². The molecule has 0 aliphatic carbocycles. The molecule has 0 aliphatic rings. The number of hydrogen-bond donors (Lipinski definition) is 2.